The fourth-order valence-corrected chi connectivity index (χ4v) is 6.19. The fourth-order valence-electron chi connectivity index (χ4n) is 5.06. The first-order valence-corrected chi connectivity index (χ1v) is 13.3. The van der Waals surface area contributed by atoms with Crippen molar-refractivity contribution in [1.82, 2.24) is 29.1 Å². The quantitative estimate of drug-likeness (QED) is 0.392. The lowest BCUT2D eigenvalue weighted by molar-refractivity contribution is -0.133. The van der Waals surface area contributed by atoms with Crippen molar-refractivity contribution in [3.8, 4) is 5.69 Å². The molecule has 2 aromatic carbocycles. The van der Waals surface area contributed by atoms with Gasteiger partial charge in [0, 0.05) is 44.9 Å². The largest absolute Gasteiger partial charge is 0.340 e. The Bertz CT molecular complexity index is 1470. The standard InChI is InChI=1S/C27H28N6O2S/c1-19-6-5-9-21(14-19)33-25-23(16-28-33)26(35)32-22(18-36-27(32)29-25)15-24(34)31-12-10-30(11-13-31)17-20-7-3-2-4-8-20/h2-9,14,16,22H,10-13,15,17-18H2,1H3. The average Bonchev–Trinajstić information content (AvgIpc) is 3.50. The molecule has 1 unspecified atom stereocenters. The second kappa shape index (κ2) is 9.55. The molecule has 0 N–H and O–H groups in total. The summed E-state index contributed by atoms with van der Waals surface area (Å²) in [4.78, 5) is 35.7. The predicted molar refractivity (Wildman–Crippen MR) is 141 cm³/mol. The smallest absolute Gasteiger partial charge is 0.265 e. The van der Waals surface area contributed by atoms with Gasteiger partial charge < -0.3 is 4.90 Å². The number of carbonyl (C=O) groups is 1. The molecule has 1 saturated heterocycles. The van der Waals surface area contributed by atoms with Crippen molar-refractivity contribution >= 4 is 28.7 Å². The fraction of sp³-hybridized carbons (Fsp3) is 0.333. The maximum atomic E-state index is 13.4. The molecule has 2 aromatic heterocycles. The number of carbonyl (C=O) groups excluding carboxylic acids is 1. The van der Waals surface area contributed by atoms with E-state index in [9.17, 15) is 9.59 Å². The van der Waals surface area contributed by atoms with Gasteiger partial charge in [-0.3, -0.25) is 19.1 Å². The first-order valence-electron chi connectivity index (χ1n) is 12.3. The van der Waals surface area contributed by atoms with E-state index in [4.69, 9.17) is 4.98 Å². The molecular weight excluding hydrogens is 472 g/mol. The molecule has 0 spiro atoms. The molecular formula is C27H28N6O2S. The first kappa shape index (κ1) is 23.0. The summed E-state index contributed by atoms with van der Waals surface area (Å²) in [5, 5.41) is 5.60. The summed E-state index contributed by atoms with van der Waals surface area (Å²) in [6.07, 6.45) is 1.91. The van der Waals surface area contributed by atoms with Gasteiger partial charge in [-0.2, -0.15) is 5.10 Å². The van der Waals surface area contributed by atoms with Gasteiger partial charge in [0.05, 0.1) is 17.9 Å². The molecule has 6 rings (SSSR count). The van der Waals surface area contributed by atoms with Crippen LogP contribution < -0.4 is 5.56 Å². The van der Waals surface area contributed by atoms with Crippen molar-refractivity contribution < 1.29 is 4.79 Å². The van der Waals surface area contributed by atoms with Crippen molar-refractivity contribution in [3.05, 3.63) is 82.3 Å². The van der Waals surface area contributed by atoms with Crippen LogP contribution in [0.3, 0.4) is 0 Å². The van der Waals surface area contributed by atoms with Crippen LogP contribution in [0, 0.1) is 6.92 Å². The number of piperazine rings is 1. The number of amides is 1. The van der Waals surface area contributed by atoms with E-state index >= 15 is 0 Å². The summed E-state index contributed by atoms with van der Waals surface area (Å²) in [6, 6.07) is 18.2. The highest BCUT2D eigenvalue weighted by Gasteiger charge is 2.31. The minimum absolute atomic E-state index is 0.107. The van der Waals surface area contributed by atoms with E-state index in [-0.39, 0.29) is 17.5 Å². The van der Waals surface area contributed by atoms with Gasteiger partial charge in [-0.15, -0.1) is 0 Å². The molecule has 8 nitrogen and oxygen atoms in total. The summed E-state index contributed by atoms with van der Waals surface area (Å²) in [5.41, 5.74) is 3.72. The zero-order valence-corrected chi connectivity index (χ0v) is 21.0. The van der Waals surface area contributed by atoms with Crippen LogP contribution in [-0.2, 0) is 11.3 Å². The molecule has 4 heterocycles. The number of hydrogen-bond donors (Lipinski definition) is 0. The van der Waals surface area contributed by atoms with Crippen molar-refractivity contribution in [2.24, 2.45) is 0 Å². The second-order valence-corrected chi connectivity index (χ2v) is 10.5. The average molecular weight is 501 g/mol. The molecule has 1 fully saturated rings. The highest BCUT2D eigenvalue weighted by molar-refractivity contribution is 7.99. The van der Waals surface area contributed by atoms with Crippen molar-refractivity contribution in [2.45, 2.75) is 31.1 Å². The minimum atomic E-state index is -0.188. The summed E-state index contributed by atoms with van der Waals surface area (Å²) in [6.45, 7) is 6.08. The summed E-state index contributed by atoms with van der Waals surface area (Å²) >= 11 is 1.54. The third-order valence-corrected chi connectivity index (χ3v) is 8.10. The molecule has 1 amide bonds. The molecule has 36 heavy (non-hydrogen) atoms. The zero-order valence-electron chi connectivity index (χ0n) is 20.2. The predicted octanol–water partition coefficient (Wildman–Crippen LogP) is 3.27. The SMILES string of the molecule is Cc1cccc(-n2ncc3c(=O)n4c(nc32)SCC4CC(=O)N2CCN(Cc3ccccc3)CC2)c1. The van der Waals surface area contributed by atoms with Crippen LogP contribution in [0.15, 0.2) is 70.7 Å². The summed E-state index contributed by atoms with van der Waals surface area (Å²) < 4.78 is 3.43. The number of aromatic nitrogens is 4. The third kappa shape index (κ3) is 4.33. The van der Waals surface area contributed by atoms with E-state index in [0.29, 0.717) is 41.5 Å². The summed E-state index contributed by atoms with van der Waals surface area (Å²) in [7, 11) is 0. The van der Waals surface area contributed by atoms with Gasteiger partial charge in [-0.05, 0) is 30.2 Å². The Hall–Kier alpha value is -3.43. The van der Waals surface area contributed by atoms with Crippen LogP contribution in [0.5, 0.6) is 0 Å². The lowest BCUT2D eigenvalue weighted by Gasteiger charge is -2.35. The molecule has 0 radical (unpaired) electrons. The highest BCUT2D eigenvalue weighted by Crippen LogP contribution is 2.34. The molecule has 2 aliphatic rings. The molecule has 0 bridgehead atoms. The van der Waals surface area contributed by atoms with E-state index in [0.717, 1.165) is 30.9 Å². The van der Waals surface area contributed by atoms with Gasteiger partial charge in [0.15, 0.2) is 10.8 Å². The van der Waals surface area contributed by atoms with Crippen LogP contribution >= 0.6 is 11.8 Å². The Kier molecular flexibility index (Phi) is 6.10. The van der Waals surface area contributed by atoms with Gasteiger partial charge >= 0.3 is 0 Å². The summed E-state index contributed by atoms with van der Waals surface area (Å²) in [5.74, 6) is 0.780. The molecule has 0 saturated carbocycles. The van der Waals surface area contributed by atoms with Gasteiger partial charge in [0.2, 0.25) is 5.91 Å². The van der Waals surface area contributed by atoms with Crippen LogP contribution in [0.1, 0.15) is 23.6 Å². The number of fused-ring (bicyclic) bond motifs is 2. The van der Waals surface area contributed by atoms with Crippen molar-refractivity contribution in [1.29, 1.82) is 0 Å². The Morgan fingerprint density at radius 3 is 2.64 bits per heavy atom. The van der Waals surface area contributed by atoms with Gasteiger partial charge in [-0.1, -0.05) is 54.2 Å². The number of thioether (sulfide) groups is 1. The molecule has 0 aliphatic carbocycles. The number of benzene rings is 2. The Labute approximate surface area is 213 Å². The molecule has 2 aliphatic heterocycles. The van der Waals surface area contributed by atoms with Crippen LogP contribution in [0.25, 0.3) is 16.7 Å². The third-order valence-electron chi connectivity index (χ3n) is 7.00. The van der Waals surface area contributed by atoms with Gasteiger partial charge in [-0.25, -0.2) is 9.67 Å². The Balaban J connectivity index is 1.16. The zero-order chi connectivity index (χ0) is 24.6. The molecule has 4 aromatic rings. The van der Waals surface area contributed by atoms with E-state index in [1.807, 2.05) is 42.2 Å². The number of nitrogens with zero attached hydrogens (tertiary/aromatic N) is 6. The van der Waals surface area contributed by atoms with Crippen molar-refractivity contribution in [2.75, 3.05) is 31.9 Å². The Morgan fingerprint density at radius 1 is 1.06 bits per heavy atom. The number of hydrogen-bond acceptors (Lipinski definition) is 6. The lowest BCUT2D eigenvalue weighted by Crippen LogP contribution is -2.48. The van der Waals surface area contributed by atoms with E-state index in [1.54, 1.807) is 15.4 Å². The Morgan fingerprint density at radius 2 is 1.86 bits per heavy atom. The maximum absolute atomic E-state index is 13.4. The normalized spacial score (nSPS) is 18.0. The lowest BCUT2D eigenvalue weighted by atomic mass is 10.1. The van der Waals surface area contributed by atoms with Gasteiger partial charge in [0.1, 0.15) is 5.39 Å². The topological polar surface area (TPSA) is 76.3 Å². The first-order chi connectivity index (χ1) is 17.6. The minimum Gasteiger partial charge on any atom is -0.340 e. The van der Waals surface area contributed by atoms with Crippen molar-refractivity contribution in [3.63, 3.8) is 0 Å². The highest BCUT2D eigenvalue weighted by atomic mass is 32.2. The molecule has 184 valence electrons. The molecule has 1 atom stereocenters. The van der Waals surface area contributed by atoms with E-state index in [1.165, 1.54) is 17.3 Å². The number of rotatable bonds is 5. The van der Waals surface area contributed by atoms with Crippen LogP contribution in [-0.4, -0.2) is 67.0 Å². The van der Waals surface area contributed by atoms with Crippen LogP contribution in [0.4, 0.5) is 0 Å². The van der Waals surface area contributed by atoms with E-state index in [2.05, 4.69) is 34.3 Å². The molecule has 9 heteroatoms. The maximum Gasteiger partial charge on any atom is 0.265 e. The van der Waals surface area contributed by atoms with Crippen LogP contribution in [0.2, 0.25) is 0 Å². The van der Waals surface area contributed by atoms with E-state index < -0.39 is 0 Å². The number of aryl methyl sites for hydroxylation is 1. The van der Waals surface area contributed by atoms with Gasteiger partial charge in [0.25, 0.3) is 5.56 Å². The second-order valence-electron chi connectivity index (χ2n) is 9.51. The monoisotopic (exact) mass is 500 g/mol.